The summed E-state index contributed by atoms with van der Waals surface area (Å²) < 4.78 is 11.3. The van der Waals surface area contributed by atoms with E-state index < -0.39 is 0 Å². The van der Waals surface area contributed by atoms with Gasteiger partial charge in [-0.3, -0.25) is 19.7 Å². The van der Waals surface area contributed by atoms with Crippen molar-refractivity contribution in [1.29, 1.82) is 0 Å². The summed E-state index contributed by atoms with van der Waals surface area (Å²) in [7, 11) is 0. The van der Waals surface area contributed by atoms with Crippen LogP contribution in [0.15, 0.2) is 35.6 Å². The van der Waals surface area contributed by atoms with Gasteiger partial charge in [0.2, 0.25) is 6.41 Å². The van der Waals surface area contributed by atoms with Crippen LogP contribution in [-0.4, -0.2) is 96.2 Å². The number of aromatic nitrogens is 2. The lowest BCUT2D eigenvalue weighted by Gasteiger charge is -2.40. The molecule has 2 saturated heterocycles. The van der Waals surface area contributed by atoms with Crippen molar-refractivity contribution in [2.75, 3.05) is 57.9 Å². The Labute approximate surface area is 209 Å². The third-order valence-corrected chi connectivity index (χ3v) is 6.82. The Morgan fingerprint density at radius 2 is 2.17 bits per heavy atom. The number of amides is 1. The van der Waals surface area contributed by atoms with E-state index in [0.29, 0.717) is 23.2 Å². The molecule has 0 bridgehead atoms. The summed E-state index contributed by atoms with van der Waals surface area (Å²) in [6, 6.07) is 5.98. The molecule has 3 aliphatic heterocycles. The lowest BCUT2D eigenvalue weighted by Crippen LogP contribution is -2.53. The molecule has 5 heterocycles. The first-order chi connectivity index (χ1) is 16.9. The number of rotatable bonds is 4. The lowest BCUT2D eigenvalue weighted by atomic mass is 10.1. The van der Waals surface area contributed by atoms with E-state index in [-0.39, 0.29) is 5.60 Å². The van der Waals surface area contributed by atoms with Crippen LogP contribution in [0.2, 0.25) is 5.02 Å². The molecule has 0 spiro atoms. The van der Waals surface area contributed by atoms with Crippen LogP contribution in [0.5, 0.6) is 0 Å². The van der Waals surface area contributed by atoms with E-state index in [1.54, 1.807) is 18.5 Å². The molecule has 3 aromatic rings. The minimum Gasteiger partial charge on any atom is -0.377 e. The third kappa shape index (κ3) is 5.28. The normalized spacial score (nSPS) is 21.9. The average molecular weight is 499 g/mol. The van der Waals surface area contributed by atoms with Crippen LogP contribution in [0.3, 0.4) is 0 Å². The number of anilines is 1. The zero-order chi connectivity index (χ0) is 24.4. The van der Waals surface area contributed by atoms with Gasteiger partial charge in [-0.25, -0.2) is 0 Å². The van der Waals surface area contributed by atoms with Crippen molar-refractivity contribution < 1.29 is 14.3 Å². The van der Waals surface area contributed by atoms with Crippen molar-refractivity contribution in [3.8, 4) is 0 Å². The standard InChI is InChI=1S/C13H23N3O2.C12H8ClN3O/c1-13(2)10-15(3-6-18-13)8-12-14-7-11-9-17-5-4-16(11)12;13-7-3-9-8-1-2-14-5-11(8)16-12(9)10(4-7)15-6-17/h11H,3-10H2,1-2H3;1-6,16H,(H,15,17). The molecule has 0 saturated carbocycles. The van der Waals surface area contributed by atoms with Crippen molar-refractivity contribution in [2.24, 2.45) is 4.99 Å². The Balaban J connectivity index is 0.000000145. The maximum atomic E-state index is 10.6. The summed E-state index contributed by atoms with van der Waals surface area (Å²) in [5.41, 5.74) is 2.41. The molecule has 2 aromatic heterocycles. The van der Waals surface area contributed by atoms with Crippen molar-refractivity contribution in [2.45, 2.75) is 25.5 Å². The maximum Gasteiger partial charge on any atom is 0.211 e. The zero-order valence-corrected chi connectivity index (χ0v) is 20.8. The van der Waals surface area contributed by atoms with Gasteiger partial charge in [0.25, 0.3) is 0 Å². The molecule has 6 rings (SSSR count). The van der Waals surface area contributed by atoms with Crippen LogP contribution in [-0.2, 0) is 14.3 Å². The number of benzene rings is 1. The fraction of sp³-hybridized carbons (Fsp3) is 0.480. The highest BCUT2D eigenvalue weighted by Gasteiger charge is 2.33. The van der Waals surface area contributed by atoms with Gasteiger partial charge in [0.15, 0.2) is 0 Å². The second-order valence-corrected chi connectivity index (χ2v) is 10.1. The Hall–Kier alpha value is -2.72. The van der Waals surface area contributed by atoms with Crippen LogP contribution in [0, 0.1) is 0 Å². The first-order valence-corrected chi connectivity index (χ1v) is 12.3. The molecule has 1 amide bonds. The third-order valence-electron chi connectivity index (χ3n) is 6.60. The van der Waals surface area contributed by atoms with Gasteiger partial charge in [-0.2, -0.15) is 0 Å². The number of fused-ring (bicyclic) bond motifs is 4. The summed E-state index contributed by atoms with van der Waals surface area (Å²) in [6.07, 6.45) is 4.10. The van der Waals surface area contributed by atoms with Gasteiger partial charge < -0.3 is 24.7 Å². The number of ether oxygens (including phenoxy) is 2. The van der Waals surface area contributed by atoms with Gasteiger partial charge in [0.05, 0.1) is 67.5 Å². The van der Waals surface area contributed by atoms with Crippen LogP contribution in [0.25, 0.3) is 21.8 Å². The summed E-state index contributed by atoms with van der Waals surface area (Å²) in [5, 5.41) is 5.22. The number of pyridine rings is 1. The highest BCUT2D eigenvalue weighted by molar-refractivity contribution is 6.32. The smallest absolute Gasteiger partial charge is 0.211 e. The van der Waals surface area contributed by atoms with Gasteiger partial charge in [-0.1, -0.05) is 11.6 Å². The number of hydrogen-bond acceptors (Lipinski definition) is 7. The molecule has 2 N–H and O–H groups in total. The molecule has 1 atom stereocenters. The number of carbonyl (C=O) groups excluding carboxylic acids is 1. The summed E-state index contributed by atoms with van der Waals surface area (Å²) in [6.45, 7) is 11.7. The van der Waals surface area contributed by atoms with Gasteiger partial charge in [-0.05, 0) is 32.0 Å². The van der Waals surface area contributed by atoms with Gasteiger partial charge in [0, 0.05) is 41.6 Å². The van der Waals surface area contributed by atoms with Crippen LogP contribution in [0.1, 0.15) is 13.8 Å². The van der Waals surface area contributed by atoms with Crippen molar-refractivity contribution in [1.82, 2.24) is 19.8 Å². The highest BCUT2D eigenvalue weighted by atomic mass is 35.5. The number of aliphatic imine (C=N–C) groups is 1. The Bertz CT molecular complexity index is 1240. The fourth-order valence-corrected chi connectivity index (χ4v) is 5.25. The topological polar surface area (TPSA) is 95.1 Å². The summed E-state index contributed by atoms with van der Waals surface area (Å²) in [4.78, 5) is 27.4. The van der Waals surface area contributed by atoms with E-state index >= 15 is 0 Å². The number of H-pyrrole nitrogens is 1. The zero-order valence-electron chi connectivity index (χ0n) is 20.1. The van der Waals surface area contributed by atoms with E-state index in [1.165, 1.54) is 5.84 Å². The Morgan fingerprint density at radius 3 is 3.00 bits per heavy atom. The maximum absolute atomic E-state index is 10.6. The number of nitrogens with one attached hydrogen (secondary N) is 2. The van der Waals surface area contributed by atoms with Crippen molar-refractivity contribution in [3.05, 3.63) is 35.6 Å². The van der Waals surface area contributed by atoms with Crippen molar-refractivity contribution >= 4 is 51.3 Å². The van der Waals surface area contributed by atoms with E-state index in [2.05, 4.69) is 38.9 Å². The second kappa shape index (κ2) is 10.1. The number of aromatic amines is 1. The second-order valence-electron chi connectivity index (χ2n) is 9.68. The van der Waals surface area contributed by atoms with E-state index in [1.807, 2.05) is 12.1 Å². The summed E-state index contributed by atoms with van der Waals surface area (Å²) in [5.74, 6) is 1.25. The molecule has 186 valence electrons. The minimum atomic E-state index is -0.0260. The fourth-order valence-electron chi connectivity index (χ4n) is 5.03. The molecule has 9 nitrogen and oxygen atoms in total. The van der Waals surface area contributed by atoms with E-state index in [4.69, 9.17) is 26.1 Å². The van der Waals surface area contributed by atoms with E-state index in [0.717, 1.165) is 74.4 Å². The number of morpholine rings is 2. The largest absolute Gasteiger partial charge is 0.377 e. The van der Waals surface area contributed by atoms with Crippen molar-refractivity contribution in [3.63, 3.8) is 0 Å². The number of amidine groups is 1. The first-order valence-electron chi connectivity index (χ1n) is 11.9. The molecule has 10 heteroatoms. The summed E-state index contributed by atoms with van der Waals surface area (Å²) >= 11 is 6.03. The Morgan fingerprint density at radius 1 is 1.29 bits per heavy atom. The van der Waals surface area contributed by atoms with Crippen LogP contribution in [0.4, 0.5) is 5.69 Å². The quantitative estimate of drug-likeness (QED) is 0.537. The first kappa shape index (κ1) is 24.0. The molecule has 0 aliphatic carbocycles. The minimum absolute atomic E-state index is 0.0260. The molecule has 3 aliphatic rings. The molecular formula is C25H31ClN6O3. The average Bonchev–Trinajstić information content (AvgIpc) is 3.41. The van der Waals surface area contributed by atoms with Crippen LogP contribution >= 0.6 is 11.6 Å². The molecule has 2 fully saturated rings. The number of nitrogens with zero attached hydrogens (tertiary/aromatic N) is 4. The molecule has 1 unspecified atom stereocenters. The molecule has 35 heavy (non-hydrogen) atoms. The van der Waals surface area contributed by atoms with Gasteiger partial charge in [0.1, 0.15) is 5.84 Å². The lowest BCUT2D eigenvalue weighted by molar-refractivity contribution is -0.105. The van der Waals surface area contributed by atoms with Gasteiger partial charge in [-0.15, -0.1) is 0 Å². The molecular weight excluding hydrogens is 468 g/mol. The SMILES string of the molecule is CC1(C)CN(CC2=NCC3COCCN23)CCO1.O=CNc1cc(Cl)cc2c1[nH]c1cnccc12. The number of hydrogen-bond donors (Lipinski definition) is 2. The predicted molar refractivity (Wildman–Crippen MR) is 138 cm³/mol. The van der Waals surface area contributed by atoms with E-state index in [9.17, 15) is 4.79 Å². The number of halogens is 1. The van der Waals surface area contributed by atoms with Gasteiger partial charge >= 0.3 is 0 Å². The molecule has 0 radical (unpaired) electrons. The Kier molecular flexibility index (Phi) is 6.93. The highest BCUT2D eigenvalue weighted by Crippen LogP contribution is 2.32. The monoisotopic (exact) mass is 498 g/mol. The predicted octanol–water partition coefficient (Wildman–Crippen LogP) is 3.15. The van der Waals surface area contributed by atoms with Crippen LogP contribution < -0.4 is 5.32 Å². The number of carbonyl (C=O) groups is 1. The molecule has 1 aromatic carbocycles.